The summed E-state index contributed by atoms with van der Waals surface area (Å²) in [5, 5.41) is 1.21. The molecule has 1 heterocycles. The van der Waals surface area contributed by atoms with Gasteiger partial charge in [-0.15, -0.1) is 0 Å². The number of aromatic amines is 1. The molecular weight excluding hydrogens is 250 g/mol. The average molecular weight is 267 g/mol. The zero-order valence-corrected chi connectivity index (χ0v) is 11.9. The fourth-order valence-electron chi connectivity index (χ4n) is 2.47. The largest absolute Gasteiger partial charge is 0.497 e. The smallest absolute Gasteiger partial charge is 0.131 e. The number of aryl methyl sites for hydroxylation is 1. The van der Waals surface area contributed by atoms with E-state index >= 15 is 0 Å². The molecule has 0 saturated carbocycles. The number of fused-ring (bicyclic) bond motifs is 1. The summed E-state index contributed by atoms with van der Waals surface area (Å²) in [7, 11) is 3.33. The molecule has 1 N–H and O–H groups in total. The van der Waals surface area contributed by atoms with E-state index in [0.717, 1.165) is 22.8 Å². The number of aromatic nitrogens is 1. The maximum Gasteiger partial charge on any atom is 0.131 e. The Labute approximate surface area is 118 Å². The van der Waals surface area contributed by atoms with Gasteiger partial charge in [0.15, 0.2) is 0 Å². The first-order valence-electron chi connectivity index (χ1n) is 6.53. The first kappa shape index (κ1) is 12.6. The maximum atomic E-state index is 5.47. The highest BCUT2D eigenvalue weighted by molar-refractivity contribution is 5.89. The lowest BCUT2D eigenvalue weighted by atomic mass is 10.1. The van der Waals surface area contributed by atoms with Crippen LogP contribution in [-0.4, -0.2) is 19.2 Å². The monoisotopic (exact) mass is 267 g/mol. The topological polar surface area (TPSA) is 34.2 Å². The highest BCUT2D eigenvalue weighted by Crippen LogP contribution is 2.34. The summed E-state index contributed by atoms with van der Waals surface area (Å²) < 4.78 is 10.7. The average Bonchev–Trinajstić information content (AvgIpc) is 2.92. The van der Waals surface area contributed by atoms with Crippen LogP contribution in [0.1, 0.15) is 5.56 Å². The molecule has 1 aromatic heterocycles. The van der Waals surface area contributed by atoms with Crippen LogP contribution in [0.2, 0.25) is 0 Å². The van der Waals surface area contributed by atoms with E-state index in [4.69, 9.17) is 9.47 Å². The minimum Gasteiger partial charge on any atom is -0.497 e. The van der Waals surface area contributed by atoms with Crippen molar-refractivity contribution >= 4 is 10.9 Å². The molecule has 20 heavy (non-hydrogen) atoms. The summed E-state index contributed by atoms with van der Waals surface area (Å²) >= 11 is 0. The second-order valence-corrected chi connectivity index (χ2v) is 4.79. The molecule has 3 rings (SSSR count). The van der Waals surface area contributed by atoms with Crippen LogP contribution in [0.25, 0.3) is 22.2 Å². The minimum atomic E-state index is 0.790. The van der Waals surface area contributed by atoms with Crippen molar-refractivity contribution in [2.45, 2.75) is 6.92 Å². The summed E-state index contributed by atoms with van der Waals surface area (Å²) in [5.74, 6) is 1.59. The molecule has 2 aromatic carbocycles. The van der Waals surface area contributed by atoms with Crippen LogP contribution in [0.4, 0.5) is 0 Å². The third-order valence-electron chi connectivity index (χ3n) is 3.56. The van der Waals surface area contributed by atoms with Gasteiger partial charge in [0.2, 0.25) is 0 Å². The van der Waals surface area contributed by atoms with Crippen molar-refractivity contribution in [3.8, 4) is 22.8 Å². The van der Waals surface area contributed by atoms with Crippen LogP contribution < -0.4 is 9.47 Å². The van der Waals surface area contributed by atoms with Crippen LogP contribution in [0.5, 0.6) is 11.5 Å². The highest BCUT2D eigenvalue weighted by Gasteiger charge is 2.10. The van der Waals surface area contributed by atoms with E-state index < -0.39 is 0 Å². The van der Waals surface area contributed by atoms with E-state index in [-0.39, 0.29) is 0 Å². The summed E-state index contributed by atoms with van der Waals surface area (Å²) in [4.78, 5) is 3.47. The number of H-pyrrole nitrogens is 1. The third kappa shape index (κ3) is 2.01. The van der Waals surface area contributed by atoms with Gasteiger partial charge in [-0.05, 0) is 30.7 Å². The van der Waals surface area contributed by atoms with E-state index in [1.165, 1.54) is 16.5 Å². The zero-order valence-electron chi connectivity index (χ0n) is 11.9. The van der Waals surface area contributed by atoms with Crippen LogP contribution >= 0.6 is 0 Å². The number of rotatable bonds is 3. The maximum absolute atomic E-state index is 5.47. The summed E-state index contributed by atoms with van der Waals surface area (Å²) in [6.45, 7) is 2.11. The molecule has 0 saturated heterocycles. The Hall–Kier alpha value is -2.42. The van der Waals surface area contributed by atoms with Crippen molar-refractivity contribution in [2.24, 2.45) is 0 Å². The van der Waals surface area contributed by atoms with Crippen LogP contribution in [0.3, 0.4) is 0 Å². The normalized spacial score (nSPS) is 10.8. The molecule has 0 aliphatic rings. The molecule has 0 aliphatic heterocycles. The van der Waals surface area contributed by atoms with E-state index in [9.17, 15) is 0 Å². The summed E-state index contributed by atoms with van der Waals surface area (Å²) in [5.41, 5.74) is 4.49. The molecule has 3 aromatic rings. The number of para-hydroxylation sites is 1. The number of methoxy groups -OCH3 is 2. The Bertz CT molecular complexity index is 759. The Morgan fingerprint density at radius 1 is 0.950 bits per heavy atom. The predicted octanol–water partition coefficient (Wildman–Crippen LogP) is 4.16. The minimum absolute atomic E-state index is 0.790. The second kappa shape index (κ2) is 4.93. The molecule has 102 valence electrons. The summed E-state index contributed by atoms with van der Waals surface area (Å²) in [6, 6.07) is 14.3. The summed E-state index contributed by atoms with van der Waals surface area (Å²) in [6.07, 6.45) is 0. The van der Waals surface area contributed by atoms with Crippen molar-refractivity contribution in [2.75, 3.05) is 14.2 Å². The molecular formula is C17H17NO2. The molecule has 0 atom stereocenters. The van der Waals surface area contributed by atoms with Gasteiger partial charge < -0.3 is 14.5 Å². The molecule has 0 amide bonds. The Morgan fingerprint density at radius 2 is 1.80 bits per heavy atom. The quantitative estimate of drug-likeness (QED) is 0.773. The Kier molecular flexibility index (Phi) is 3.11. The Balaban J connectivity index is 2.17. The van der Waals surface area contributed by atoms with Crippen LogP contribution in [0, 0.1) is 6.92 Å². The lowest BCUT2D eigenvalue weighted by Crippen LogP contribution is -1.90. The molecule has 3 heteroatoms. The fourth-order valence-corrected chi connectivity index (χ4v) is 2.47. The molecule has 0 radical (unpaired) electrons. The van der Waals surface area contributed by atoms with E-state index in [0.29, 0.717) is 0 Å². The lowest BCUT2D eigenvalue weighted by molar-refractivity contribution is 0.395. The van der Waals surface area contributed by atoms with Gasteiger partial charge in [-0.3, -0.25) is 0 Å². The van der Waals surface area contributed by atoms with Crippen molar-refractivity contribution in [1.29, 1.82) is 0 Å². The van der Waals surface area contributed by atoms with Gasteiger partial charge in [-0.25, -0.2) is 0 Å². The van der Waals surface area contributed by atoms with Gasteiger partial charge in [0, 0.05) is 22.5 Å². The van der Waals surface area contributed by atoms with Gasteiger partial charge in [0.25, 0.3) is 0 Å². The van der Waals surface area contributed by atoms with Gasteiger partial charge in [0.1, 0.15) is 11.5 Å². The number of hydrogen-bond donors (Lipinski definition) is 1. The Morgan fingerprint density at radius 3 is 2.50 bits per heavy atom. The number of hydrogen-bond acceptors (Lipinski definition) is 2. The number of ether oxygens (including phenoxy) is 2. The highest BCUT2D eigenvalue weighted by atomic mass is 16.5. The van der Waals surface area contributed by atoms with E-state index in [1.807, 2.05) is 18.2 Å². The van der Waals surface area contributed by atoms with Gasteiger partial charge in [0.05, 0.1) is 19.9 Å². The lowest BCUT2D eigenvalue weighted by Gasteiger charge is -2.09. The predicted molar refractivity (Wildman–Crippen MR) is 81.6 cm³/mol. The standard InChI is InChI=1S/C17H17NO2/c1-11-5-4-6-12-9-15(18-17(11)12)14-8-7-13(19-2)10-16(14)20-3/h4-10,18H,1-3H3. The zero-order chi connectivity index (χ0) is 14.1. The number of benzene rings is 2. The molecule has 0 spiro atoms. The van der Waals surface area contributed by atoms with Crippen molar-refractivity contribution in [1.82, 2.24) is 4.98 Å². The van der Waals surface area contributed by atoms with E-state index in [2.05, 4.69) is 36.2 Å². The fraction of sp³-hybridized carbons (Fsp3) is 0.176. The first-order valence-corrected chi connectivity index (χ1v) is 6.53. The van der Waals surface area contributed by atoms with Gasteiger partial charge >= 0.3 is 0 Å². The molecule has 3 nitrogen and oxygen atoms in total. The van der Waals surface area contributed by atoms with Gasteiger partial charge in [-0.2, -0.15) is 0 Å². The van der Waals surface area contributed by atoms with Crippen molar-refractivity contribution < 1.29 is 9.47 Å². The second-order valence-electron chi connectivity index (χ2n) is 4.79. The molecule has 0 aliphatic carbocycles. The molecule has 0 bridgehead atoms. The van der Waals surface area contributed by atoms with Crippen LogP contribution in [0.15, 0.2) is 42.5 Å². The van der Waals surface area contributed by atoms with Crippen molar-refractivity contribution in [3.63, 3.8) is 0 Å². The first-order chi connectivity index (χ1) is 9.72. The SMILES string of the molecule is COc1ccc(-c2cc3cccc(C)c3[nH]2)c(OC)c1. The number of nitrogens with one attached hydrogen (secondary N) is 1. The van der Waals surface area contributed by atoms with Gasteiger partial charge in [-0.1, -0.05) is 18.2 Å². The third-order valence-corrected chi connectivity index (χ3v) is 3.56. The van der Waals surface area contributed by atoms with Crippen LogP contribution in [-0.2, 0) is 0 Å². The van der Waals surface area contributed by atoms with Crippen molar-refractivity contribution in [3.05, 3.63) is 48.0 Å². The molecule has 0 unspecified atom stereocenters. The van der Waals surface area contributed by atoms with E-state index in [1.54, 1.807) is 14.2 Å². The molecule has 0 fully saturated rings.